The number of alkyl halides is 1. The Morgan fingerprint density at radius 2 is 1.80 bits per heavy atom. The average molecular weight is 378 g/mol. The first-order valence-electron chi connectivity index (χ1n) is 7.22. The molecule has 2 heteroatoms. The minimum Gasteiger partial charge on any atom is -0.365 e. The van der Waals surface area contributed by atoms with Crippen molar-refractivity contribution in [3.05, 3.63) is 71.3 Å². The first-order valence-corrected chi connectivity index (χ1v) is 8.75. The molecule has 2 aromatic rings. The summed E-state index contributed by atoms with van der Waals surface area (Å²) >= 11 is 2.42. The second kappa shape index (κ2) is 6.72. The molecule has 0 aliphatic heterocycles. The van der Waals surface area contributed by atoms with Crippen LogP contribution in [0.4, 0.5) is 0 Å². The molecule has 0 heterocycles. The Bertz CT molecular complexity index is 552. The van der Waals surface area contributed by atoms with Gasteiger partial charge < -0.3 is 4.74 Å². The summed E-state index contributed by atoms with van der Waals surface area (Å²) in [6.45, 7) is 0. The van der Waals surface area contributed by atoms with Gasteiger partial charge in [-0.2, -0.15) is 0 Å². The standard InChI is InChI=1S/C18H19IO/c19-13-18(15-8-2-1-3-9-15)20-17-12-6-10-14-7-4-5-11-16(14)17/h1-5,7-9,11,17-18H,6,10,12-13H2. The van der Waals surface area contributed by atoms with E-state index in [4.69, 9.17) is 4.74 Å². The van der Waals surface area contributed by atoms with Crippen molar-refractivity contribution in [3.8, 4) is 0 Å². The van der Waals surface area contributed by atoms with Gasteiger partial charge >= 0.3 is 0 Å². The fraction of sp³-hybridized carbons (Fsp3) is 0.333. The van der Waals surface area contributed by atoms with Crippen LogP contribution in [-0.2, 0) is 11.2 Å². The van der Waals surface area contributed by atoms with Gasteiger partial charge in [0.05, 0.1) is 12.2 Å². The fourth-order valence-electron chi connectivity index (χ4n) is 2.92. The highest BCUT2D eigenvalue weighted by Gasteiger charge is 2.23. The second-order valence-electron chi connectivity index (χ2n) is 5.27. The van der Waals surface area contributed by atoms with E-state index < -0.39 is 0 Å². The van der Waals surface area contributed by atoms with Gasteiger partial charge in [-0.25, -0.2) is 0 Å². The zero-order valence-corrected chi connectivity index (χ0v) is 13.6. The molecule has 0 saturated carbocycles. The summed E-state index contributed by atoms with van der Waals surface area (Å²) in [5, 5.41) is 0. The molecule has 2 aromatic carbocycles. The van der Waals surface area contributed by atoms with E-state index in [1.807, 2.05) is 0 Å². The zero-order chi connectivity index (χ0) is 13.8. The first kappa shape index (κ1) is 14.1. The molecule has 0 saturated heterocycles. The molecule has 20 heavy (non-hydrogen) atoms. The largest absolute Gasteiger partial charge is 0.365 e. The van der Waals surface area contributed by atoms with E-state index in [2.05, 4.69) is 77.2 Å². The van der Waals surface area contributed by atoms with E-state index in [-0.39, 0.29) is 12.2 Å². The van der Waals surface area contributed by atoms with Crippen LogP contribution in [0.3, 0.4) is 0 Å². The van der Waals surface area contributed by atoms with E-state index >= 15 is 0 Å². The van der Waals surface area contributed by atoms with Gasteiger partial charge in [-0.15, -0.1) is 0 Å². The summed E-state index contributed by atoms with van der Waals surface area (Å²) in [5.74, 6) is 0. The second-order valence-corrected chi connectivity index (χ2v) is 6.15. The predicted octanol–water partition coefficient (Wildman–Crippen LogP) is 5.26. The Labute approximate surface area is 134 Å². The molecular weight excluding hydrogens is 359 g/mol. The molecule has 2 atom stereocenters. The Balaban J connectivity index is 1.81. The van der Waals surface area contributed by atoms with Crippen LogP contribution in [0, 0.1) is 0 Å². The van der Waals surface area contributed by atoms with E-state index in [0.717, 1.165) is 10.8 Å². The summed E-state index contributed by atoms with van der Waals surface area (Å²) in [7, 11) is 0. The minimum atomic E-state index is 0.188. The van der Waals surface area contributed by atoms with Gasteiger partial charge in [0, 0.05) is 4.43 Å². The Morgan fingerprint density at radius 3 is 2.60 bits per heavy atom. The van der Waals surface area contributed by atoms with Crippen molar-refractivity contribution >= 4 is 22.6 Å². The SMILES string of the molecule is ICC(OC1CCCc2ccccc21)c1ccccc1. The van der Waals surface area contributed by atoms with Crippen LogP contribution in [0.1, 0.15) is 41.7 Å². The molecule has 0 amide bonds. The monoisotopic (exact) mass is 378 g/mol. The molecule has 0 N–H and O–H groups in total. The lowest BCUT2D eigenvalue weighted by Crippen LogP contribution is -2.16. The molecule has 1 aliphatic rings. The predicted molar refractivity (Wildman–Crippen MR) is 91.3 cm³/mol. The zero-order valence-electron chi connectivity index (χ0n) is 11.5. The molecule has 0 spiro atoms. The summed E-state index contributed by atoms with van der Waals surface area (Å²) in [4.78, 5) is 0. The van der Waals surface area contributed by atoms with E-state index in [1.165, 1.54) is 29.5 Å². The number of halogens is 1. The lowest BCUT2D eigenvalue weighted by atomic mass is 9.89. The van der Waals surface area contributed by atoms with Crippen LogP contribution in [0.15, 0.2) is 54.6 Å². The van der Waals surface area contributed by atoms with Crippen LogP contribution in [-0.4, -0.2) is 4.43 Å². The molecule has 0 fully saturated rings. The smallest absolute Gasteiger partial charge is 0.0922 e. The molecular formula is C18H19IO. The highest BCUT2D eigenvalue weighted by molar-refractivity contribution is 14.1. The van der Waals surface area contributed by atoms with E-state index in [1.54, 1.807) is 0 Å². The average Bonchev–Trinajstić information content (AvgIpc) is 2.53. The number of hydrogen-bond donors (Lipinski definition) is 0. The highest BCUT2D eigenvalue weighted by atomic mass is 127. The molecule has 0 aromatic heterocycles. The third-order valence-electron chi connectivity index (χ3n) is 3.95. The Hall–Kier alpha value is -0.870. The van der Waals surface area contributed by atoms with Crippen LogP contribution in [0.2, 0.25) is 0 Å². The molecule has 1 aliphatic carbocycles. The number of ether oxygens (including phenoxy) is 1. The molecule has 2 unspecified atom stereocenters. The van der Waals surface area contributed by atoms with Crippen molar-refractivity contribution in [2.45, 2.75) is 31.5 Å². The minimum absolute atomic E-state index is 0.188. The number of benzene rings is 2. The molecule has 104 valence electrons. The Morgan fingerprint density at radius 1 is 1.05 bits per heavy atom. The van der Waals surface area contributed by atoms with Crippen molar-refractivity contribution < 1.29 is 4.74 Å². The summed E-state index contributed by atoms with van der Waals surface area (Å²) < 4.78 is 7.43. The van der Waals surface area contributed by atoms with Crippen LogP contribution in [0.5, 0.6) is 0 Å². The van der Waals surface area contributed by atoms with Crippen molar-refractivity contribution in [1.29, 1.82) is 0 Å². The highest BCUT2D eigenvalue weighted by Crippen LogP contribution is 2.36. The lowest BCUT2D eigenvalue weighted by Gasteiger charge is -2.29. The number of rotatable bonds is 4. The van der Waals surface area contributed by atoms with Crippen LogP contribution >= 0.6 is 22.6 Å². The molecule has 0 bridgehead atoms. The molecule has 1 nitrogen and oxygen atoms in total. The third kappa shape index (κ3) is 3.07. The number of aryl methyl sites for hydroxylation is 1. The number of fused-ring (bicyclic) bond motifs is 1. The van der Waals surface area contributed by atoms with E-state index in [9.17, 15) is 0 Å². The summed E-state index contributed by atoms with van der Waals surface area (Å²) in [6.07, 6.45) is 3.99. The molecule has 3 rings (SSSR count). The van der Waals surface area contributed by atoms with Gasteiger partial charge in [-0.05, 0) is 36.0 Å². The van der Waals surface area contributed by atoms with Gasteiger partial charge in [-0.1, -0.05) is 77.2 Å². The van der Waals surface area contributed by atoms with Gasteiger partial charge in [-0.3, -0.25) is 0 Å². The van der Waals surface area contributed by atoms with Crippen LogP contribution in [0.25, 0.3) is 0 Å². The maximum absolute atomic E-state index is 6.45. The maximum Gasteiger partial charge on any atom is 0.0922 e. The normalized spacial score (nSPS) is 19.4. The van der Waals surface area contributed by atoms with Crippen LogP contribution < -0.4 is 0 Å². The lowest BCUT2D eigenvalue weighted by molar-refractivity contribution is -0.0101. The van der Waals surface area contributed by atoms with Crippen molar-refractivity contribution in [2.24, 2.45) is 0 Å². The summed E-state index contributed by atoms with van der Waals surface area (Å²) in [5.41, 5.74) is 4.14. The number of hydrogen-bond acceptors (Lipinski definition) is 1. The van der Waals surface area contributed by atoms with Gasteiger partial charge in [0.2, 0.25) is 0 Å². The third-order valence-corrected chi connectivity index (χ3v) is 4.75. The maximum atomic E-state index is 6.45. The quantitative estimate of drug-likeness (QED) is 0.521. The van der Waals surface area contributed by atoms with Gasteiger partial charge in [0.25, 0.3) is 0 Å². The summed E-state index contributed by atoms with van der Waals surface area (Å²) in [6, 6.07) is 19.3. The first-order chi connectivity index (χ1) is 9.88. The van der Waals surface area contributed by atoms with Crippen molar-refractivity contribution in [1.82, 2.24) is 0 Å². The molecule has 0 radical (unpaired) electrons. The van der Waals surface area contributed by atoms with Crippen molar-refractivity contribution in [2.75, 3.05) is 4.43 Å². The van der Waals surface area contributed by atoms with Gasteiger partial charge in [0.1, 0.15) is 0 Å². The van der Waals surface area contributed by atoms with Crippen molar-refractivity contribution in [3.63, 3.8) is 0 Å². The van der Waals surface area contributed by atoms with Gasteiger partial charge in [0.15, 0.2) is 0 Å². The van der Waals surface area contributed by atoms with E-state index in [0.29, 0.717) is 0 Å². The topological polar surface area (TPSA) is 9.23 Å². The Kier molecular flexibility index (Phi) is 4.73. The fourth-order valence-corrected chi connectivity index (χ4v) is 3.64.